The van der Waals surface area contributed by atoms with Crippen LogP contribution in [0, 0.1) is 0 Å². The van der Waals surface area contributed by atoms with Crippen molar-refractivity contribution in [3.63, 3.8) is 0 Å². The number of rotatable bonds is 4. The third-order valence-electron chi connectivity index (χ3n) is 2.09. The van der Waals surface area contributed by atoms with Crippen molar-refractivity contribution in [1.82, 2.24) is 4.57 Å². The number of hydrogen-bond acceptors (Lipinski definition) is 3. The molecule has 1 heterocycles. The molecular weight excluding hydrogens is 180 g/mol. The Morgan fingerprint density at radius 3 is 2.93 bits per heavy atom. The molecule has 1 aromatic rings. The summed E-state index contributed by atoms with van der Waals surface area (Å²) in [4.78, 5) is 11.0. The largest absolute Gasteiger partial charge is 0.394 e. The Balaban J connectivity index is 2.60. The number of nitrogens with two attached hydrogens (primary N) is 1. The second-order valence-electron chi connectivity index (χ2n) is 3.29. The highest BCUT2D eigenvalue weighted by atomic mass is 16.5. The van der Waals surface area contributed by atoms with E-state index < -0.39 is 0 Å². The average molecular weight is 196 g/mol. The molecule has 0 bridgehead atoms. The molecule has 0 spiro atoms. The van der Waals surface area contributed by atoms with Crippen molar-refractivity contribution < 1.29 is 4.74 Å². The third-order valence-corrected chi connectivity index (χ3v) is 2.09. The van der Waals surface area contributed by atoms with Gasteiger partial charge >= 0.3 is 0 Å². The summed E-state index contributed by atoms with van der Waals surface area (Å²) in [5, 5.41) is 0. The van der Waals surface area contributed by atoms with E-state index >= 15 is 0 Å². The molecule has 4 nitrogen and oxygen atoms in total. The molecule has 0 radical (unpaired) electrons. The zero-order valence-corrected chi connectivity index (χ0v) is 8.56. The van der Waals surface area contributed by atoms with Gasteiger partial charge in [-0.25, -0.2) is 0 Å². The Morgan fingerprint density at radius 1 is 1.64 bits per heavy atom. The van der Waals surface area contributed by atoms with E-state index in [2.05, 4.69) is 6.92 Å². The first-order chi connectivity index (χ1) is 6.63. The minimum atomic E-state index is -0.148. The van der Waals surface area contributed by atoms with Crippen LogP contribution < -0.4 is 11.2 Å². The van der Waals surface area contributed by atoms with Crippen LogP contribution in [0.15, 0.2) is 23.3 Å². The van der Waals surface area contributed by atoms with Gasteiger partial charge < -0.3 is 15.0 Å². The van der Waals surface area contributed by atoms with E-state index in [4.69, 9.17) is 10.5 Å². The first kappa shape index (κ1) is 10.8. The summed E-state index contributed by atoms with van der Waals surface area (Å²) in [5.41, 5.74) is 5.57. The molecule has 0 aliphatic carbocycles. The van der Waals surface area contributed by atoms with Crippen molar-refractivity contribution in [2.24, 2.45) is 0 Å². The Morgan fingerprint density at radius 2 is 2.36 bits per heavy atom. The van der Waals surface area contributed by atoms with E-state index in [0.717, 1.165) is 6.42 Å². The van der Waals surface area contributed by atoms with Crippen LogP contribution in [0.25, 0.3) is 0 Å². The molecule has 0 aliphatic rings. The number of hydrogen-bond donors (Lipinski definition) is 1. The highest BCUT2D eigenvalue weighted by molar-refractivity contribution is 5.33. The van der Waals surface area contributed by atoms with Crippen LogP contribution in [0.4, 0.5) is 5.69 Å². The van der Waals surface area contributed by atoms with Crippen LogP contribution in [0.2, 0.25) is 0 Å². The first-order valence-corrected chi connectivity index (χ1v) is 4.70. The van der Waals surface area contributed by atoms with Crippen LogP contribution in [0.1, 0.15) is 20.3 Å². The van der Waals surface area contributed by atoms with Crippen LogP contribution in [0.3, 0.4) is 0 Å². The Bertz CT molecular complexity index is 346. The van der Waals surface area contributed by atoms with Gasteiger partial charge in [-0.3, -0.25) is 4.79 Å². The Hall–Kier alpha value is -1.29. The molecule has 0 fully saturated rings. The number of pyridine rings is 1. The quantitative estimate of drug-likeness (QED) is 0.787. The van der Waals surface area contributed by atoms with E-state index in [-0.39, 0.29) is 17.2 Å². The molecule has 14 heavy (non-hydrogen) atoms. The van der Waals surface area contributed by atoms with E-state index in [9.17, 15) is 4.79 Å². The Labute approximate surface area is 83.3 Å². The van der Waals surface area contributed by atoms with E-state index in [1.807, 2.05) is 6.92 Å². The number of nitrogen functional groups attached to an aromatic ring is 1. The van der Waals surface area contributed by atoms with Crippen LogP contribution in [0.5, 0.6) is 0 Å². The summed E-state index contributed by atoms with van der Waals surface area (Å²) < 4.78 is 7.23. The fourth-order valence-corrected chi connectivity index (χ4v) is 0.956. The van der Waals surface area contributed by atoms with E-state index in [1.54, 1.807) is 17.0 Å². The van der Waals surface area contributed by atoms with Crippen molar-refractivity contribution in [2.45, 2.75) is 33.1 Å². The molecule has 0 saturated carbocycles. The monoisotopic (exact) mass is 196 g/mol. The number of anilines is 1. The first-order valence-electron chi connectivity index (χ1n) is 4.70. The maximum Gasteiger partial charge on any atom is 0.204 e. The van der Waals surface area contributed by atoms with Gasteiger partial charge in [-0.2, -0.15) is 0 Å². The van der Waals surface area contributed by atoms with Gasteiger partial charge in [-0.05, 0) is 13.3 Å². The summed E-state index contributed by atoms with van der Waals surface area (Å²) in [7, 11) is 0. The average Bonchev–Trinajstić information content (AvgIpc) is 2.19. The van der Waals surface area contributed by atoms with Crippen molar-refractivity contribution in [3.05, 3.63) is 28.7 Å². The molecule has 0 aliphatic heterocycles. The number of ether oxygens (including phenoxy) is 1. The standard InChI is InChI=1S/C10H16N2O2/c1-3-8(2)14-7-12-5-4-10(13)9(11)6-12/h4-6,8H,3,7,11H2,1-2H3. The SMILES string of the molecule is CCC(C)OCn1ccc(=O)c(N)c1. The molecule has 0 aromatic carbocycles. The highest BCUT2D eigenvalue weighted by Crippen LogP contribution is 1.99. The summed E-state index contributed by atoms with van der Waals surface area (Å²) >= 11 is 0. The van der Waals surface area contributed by atoms with E-state index in [0.29, 0.717) is 6.73 Å². The predicted octanol–water partition coefficient (Wildman–Crippen LogP) is 1.20. The van der Waals surface area contributed by atoms with Gasteiger partial charge in [0, 0.05) is 18.5 Å². The fourth-order valence-electron chi connectivity index (χ4n) is 0.956. The molecule has 2 N–H and O–H groups in total. The van der Waals surface area contributed by atoms with Gasteiger partial charge in [-0.1, -0.05) is 6.92 Å². The number of aromatic nitrogens is 1. The Kier molecular flexibility index (Phi) is 3.71. The molecule has 0 saturated heterocycles. The van der Waals surface area contributed by atoms with Gasteiger partial charge in [0.1, 0.15) is 6.73 Å². The molecule has 1 atom stereocenters. The third kappa shape index (κ3) is 2.88. The van der Waals surface area contributed by atoms with Gasteiger partial charge in [0.15, 0.2) is 0 Å². The zero-order chi connectivity index (χ0) is 10.6. The van der Waals surface area contributed by atoms with Crippen LogP contribution >= 0.6 is 0 Å². The van der Waals surface area contributed by atoms with Crippen LogP contribution in [-0.2, 0) is 11.5 Å². The lowest BCUT2D eigenvalue weighted by Gasteiger charge is -2.12. The van der Waals surface area contributed by atoms with E-state index in [1.165, 1.54) is 6.07 Å². The lowest BCUT2D eigenvalue weighted by Crippen LogP contribution is -2.14. The fraction of sp³-hybridized carbons (Fsp3) is 0.500. The van der Waals surface area contributed by atoms with Gasteiger partial charge in [0.05, 0.1) is 11.8 Å². The van der Waals surface area contributed by atoms with Gasteiger partial charge in [-0.15, -0.1) is 0 Å². The molecule has 78 valence electrons. The van der Waals surface area contributed by atoms with Crippen molar-refractivity contribution in [3.8, 4) is 0 Å². The highest BCUT2D eigenvalue weighted by Gasteiger charge is 1.99. The lowest BCUT2D eigenvalue weighted by atomic mass is 10.3. The maximum absolute atomic E-state index is 11.0. The zero-order valence-electron chi connectivity index (χ0n) is 8.56. The normalized spacial score (nSPS) is 12.7. The minimum Gasteiger partial charge on any atom is -0.394 e. The molecular formula is C10H16N2O2. The smallest absolute Gasteiger partial charge is 0.204 e. The van der Waals surface area contributed by atoms with Gasteiger partial charge in [0.2, 0.25) is 5.43 Å². The molecule has 1 aromatic heterocycles. The van der Waals surface area contributed by atoms with Crippen molar-refractivity contribution >= 4 is 5.69 Å². The van der Waals surface area contributed by atoms with Crippen molar-refractivity contribution in [1.29, 1.82) is 0 Å². The topological polar surface area (TPSA) is 57.2 Å². The van der Waals surface area contributed by atoms with Crippen LogP contribution in [-0.4, -0.2) is 10.7 Å². The summed E-state index contributed by atoms with van der Waals surface area (Å²) in [6, 6.07) is 1.44. The minimum absolute atomic E-state index is 0.148. The summed E-state index contributed by atoms with van der Waals surface area (Å²) in [6.45, 7) is 4.50. The molecule has 1 unspecified atom stereocenters. The lowest BCUT2D eigenvalue weighted by molar-refractivity contribution is 0.0158. The maximum atomic E-state index is 11.0. The predicted molar refractivity (Wildman–Crippen MR) is 56.0 cm³/mol. The molecule has 4 heteroatoms. The van der Waals surface area contributed by atoms with Gasteiger partial charge in [0.25, 0.3) is 0 Å². The van der Waals surface area contributed by atoms with Crippen molar-refractivity contribution in [2.75, 3.05) is 5.73 Å². The number of nitrogens with zero attached hydrogens (tertiary/aromatic N) is 1. The molecule has 1 rings (SSSR count). The summed E-state index contributed by atoms with van der Waals surface area (Å²) in [6.07, 6.45) is 4.44. The second kappa shape index (κ2) is 4.81. The second-order valence-corrected chi connectivity index (χ2v) is 3.29. The summed E-state index contributed by atoms with van der Waals surface area (Å²) in [5.74, 6) is 0. The molecule has 0 amide bonds.